The number of nitrogens with one attached hydrogen (secondary N) is 2. The van der Waals surface area contributed by atoms with Gasteiger partial charge in [-0.3, -0.25) is 9.74 Å². The highest BCUT2D eigenvalue weighted by Crippen LogP contribution is 2.28. The Morgan fingerprint density at radius 1 is 1.23 bits per heavy atom. The lowest BCUT2D eigenvalue weighted by Crippen LogP contribution is -2.61. The summed E-state index contributed by atoms with van der Waals surface area (Å²) in [6, 6.07) is 16.4. The average Bonchev–Trinajstić information content (AvgIpc) is 3.29. The highest BCUT2D eigenvalue weighted by Gasteiger charge is 2.34. The second kappa shape index (κ2) is 10.3. The molecule has 0 saturated carbocycles. The van der Waals surface area contributed by atoms with Crippen LogP contribution in [0.5, 0.6) is 0 Å². The summed E-state index contributed by atoms with van der Waals surface area (Å²) in [5.74, 6) is -3.69. The van der Waals surface area contributed by atoms with E-state index in [-0.39, 0.29) is 5.91 Å². The van der Waals surface area contributed by atoms with Crippen LogP contribution in [0.4, 0.5) is 24.8 Å². The molecule has 2 unspecified atom stereocenters. The Morgan fingerprint density at radius 2 is 1.97 bits per heavy atom. The summed E-state index contributed by atoms with van der Waals surface area (Å²) in [6.45, 7) is 5.07. The second-order valence-electron chi connectivity index (χ2n) is 8.56. The Kier molecular flexibility index (Phi) is 7.36. The normalized spacial score (nSPS) is 19.2. The molecule has 0 radical (unpaired) electrons. The molecule has 0 spiro atoms. The van der Waals surface area contributed by atoms with E-state index in [9.17, 15) is 18.1 Å². The first-order valence-corrected chi connectivity index (χ1v) is 11.9. The van der Waals surface area contributed by atoms with Crippen molar-refractivity contribution < 1.29 is 23.0 Å². The number of rotatable bonds is 5. The number of hydrogen-bond acceptors (Lipinski definition) is 5. The number of hydrogen-bond donors (Lipinski definition) is 2. The number of piperazine rings is 1. The fourth-order valence-electron chi connectivity index (χ4n) is 4.11. The minimum Gasteiger partial charge on any atom is -0.349 e. The Hall–Kier alpha value is -3.05. The van der Waals surface area contributed by atoms with Crippen LogP contribution in [0.25, 0.3) is 5.52 Å². The van der Waals surface area contributed by atoms with Gasteiger partial charge >= 0.3 is 5.92 Å². The maximum atomic E-state index is 12.8. The molecule has 3 fully saturated rings. The van der Waals surface area contributed by atoms with E-state index in [2.05, 4.69) is 49.1 Å². The van der Waals surface area contributed by atoms with Gasteiger partial charge in [-0.15, -0.1) is 5.10 Å². The molecule has 11 heteroatoms. The quantitative estimate of drug-likeness (QED) is 0.418. The van der Waals surface area contributed by atoms with Crippen LogP contribution in [0.2, 0.25) is 0 Å². The average molecular weight is 552 g/mol. The summed E-state index contributed by atoms with van der Waals surface area (Å²) in [5.41, 5.74) is 2.19. The molecular weight excluding hydrogens is 527 g/mol. The predicted molar refractivity (Wildman–Crippen MR) is 131 cm³/mol. The largest absolute Gasteiger partial charge is 0.349 e. The van der Waals surface area contributed by atoms with Crippen LogP contribution in [0.1, 0.15) is 30.3 Å². The van der Waals surface area contributed by atoms with Crippen LogP contribution in [-0.2, 0) is 4.94 Å². The molecule has 35 heavy (non-hydrogen) atoms. The van der Waals surface area contributed by atoms with Crippen molar-refractivity contribution in [2.24, 2.45) is 0 Å². The first-order valence-electron chi connectivity index (χ1n) is 11.1. The van der Waals surface area contributed by atoms with Gasteiger partial charge in [0, 0.05) is 41.1 Å². The zero-order valence-electron chi connectivity index (χ0n) is 19.0. The summed E-state index contributed by atoms with van der Waals surface area (Å²) in [4.78, 5) is 17.9. The van der Waals surface area contributed by atoms with Gasteiger partial charge in [-0.2, -0.15) is 8.78 Å². The molecule has 2 aromatic heterocycles. The Labute approximate surface area is 209 Å². The van der Waals surface area contributed by atoms with E-state index in [1.165, 1.54) is 12.8 Å². The monoisotopic (exact) mass is 551 g/mol. The van der Waals surface area contributed by atoms with Gasteiger partial charge in [-0.05, 0) is 65.2 Å². The molecule has 1 amide bonds. The highest BCUT2D eigenvalue weighted by molar-refractivity contribution is 9.10. The number of piperidine rings is 2. The first kappa shape index (κ1) is 25.1. The van der Waals surface area contributed by atoms with Gasteiger partial charge in [0.25, 0.3) is 5.91 Å². The van der Waals surface area contributed by atoms with Crippen LogP contribution in [0, 0.1) is 0 Å². The number of aromatic nitrogens is 2. The molecule has 3 aromatic rings. The van der Waals surface area contributed by atoms with Gasteiger partial charge in [0.1, 0.15) is 11.5 Å². The van der Waals surface area contributed by atoms with E-state index in [0.29, 0.717) is 24.7 Å². The zero-order chi connectivity index (χ0) is 25.2. The van der Waals surface area contributed by atoms with Crippen LogP contribution in [0.3, 0.4) is 0 Å². The number of carbonyl (C=O) groups is 1. The number of halogens is 4. The molecule has 3 aliphatic rings. The number of amides is 1. The molecule has 2 bridgehead atoms. The van der Waals surface area contributed by atoms with Gasteiger partial charge in [0.05, 0.1) is 11.2 Å². The van der Waals surface area contributed by atoms with Gasteiger partial charge in [0.2, 0.25) is 5.76 Å². The lowest BCUT2D eigenvalue weighted by atomic mass is 9.93. The molecule has 2 N–H and O–H groups in total. The van der Waals surface area contributed by atoms with Crippen molar-refractivity contribution in [3.05, 3.63) is 71.0 Å². The van der Waals surface area contributed by atoms with Crippen molar-refractivity contribution in [3.8, 4) is 0 Å². The molecule has 3 aliphatic heterocycles. The third-order valence-electron chi connectivity index (χ3n) is 6.07. The van der Waals surface area contributed by atoms with E-state index in [1.807, 2.05) is 42.5 Å². The standard InChI is InChI=1S/C20H20BrN5O.C4H5F3O/c21-16-3-1-2-4-17(16)23-20(27)18-9-7-14-8-10-19(24-26(14)18)25-12-13-5-6-15(25)11-22-13;1-3(8-7)4(2,5)6/h1-4,7-10,13,15,22H,5-6,11-12H2,(H,23,27);1H2,2H3. The van der Waals surface area contributed by atoms with Crippen molar-refractivity contribution in [1.29, 1.82) is 0 Å². The minimum absolute atomic E-state index is 0.173. The molecular formula is C24H25BrF3N5O2. The molecule has 186 valence electrons. The van der Waals surface area contributed by atoms with E-state index in [4.69, 9.17) is 5.10 Å². The zero-order valence-corrected chi connectivity index (χ0v) is 20.6. The highest BCUT2D eigenvalue weighted by atomic mass is 79.9. The van der Waals surface area contributed by atoms with Crippen molar-refractivity contribution in [1.82, 2.24) is 14.9 Å². The van der Waals surface area contributed by atoms with Gasteiger partial charge in [0.15, 0.2) is 0 Å². The smallest absolute Gasteiger partial charge is 0.305 e. The number of para-hydroxylation sites is 1. The Bertz CT molecular complexity index is 1220. The predicted octanol–water partition coefficient (Wildman–Crippen LogP) is 5.35. The fraction of sp³-hybridized carbons (Fsp3) is 0.333. The third-order valence-corrected chi connectivity index (χ3v) is 6.76. The number of carbonyl (C=O) groups excluding carboxylic acids is 1. The number of anilines is 2. The summed E-state index contributed by atoms with van der Waals surface area (Å²) in [5, 5.41) is 11.3. The van der Waals surface area contributed by atoms with E-state index in [0.717, 1.165) is 34.6 Å². The van der Waals surface area contributed by atoms with Gasteiger partial charge in [-0.25, -0.2) is 4.52 Å². The number of benzene rings is 1. The SMILES string of the molecule is C=C(OF)C(C)(F)F.O=C(Nc1ccccc1Br)c1ccc2ccc(N3CC4CCC3CN4)nn12. The maximum Gasteiger partial charge on any atom is 0.305 e. The minimum atomic E-state index is -3.28. The summed E-state index contributed by atoms with van der Waals surface area (Å²) in [7, 11) is 0. The summed E-state index contributed by atoms with van der Waals surface area (Å²) in [6.07, 6.45) is 2.42. The number of fused-ring (bicyclic) bond motifs is 4. The number of nitrogens with zero attached hydrogens (tertiary/aromatic N) is 3. The molecule has 1 aromatic carbocycles. The van der Waals surface area contributed by atoms with Crippen molar-refractivity contribution in [3.63, 3.8) is 0 Å². The van der Waals surface area contributed by atoms with Crippen LogP contribution in [-0.4, -0.2) is 46.6 Å². The van der Waals surface area contributed by atoms with Crippen LogP contribution >= 0.6 is 15.9 Å². The van der Waals surface area contributed by atoms with Crippen LogP contribution < -0.4 is 15.5 Å². The molecule has 3 saturated heterocycles. The van der Waals surface area contributed by atoms with E-state index in [1.54, 1.807) is 4.52 Å². The Morgan fingerprint density at radius 3 is 2.54 bits per heavy atom. The van der Waals surface area contributed by atoms with Gasteiger partial charge in [-0.1, -0.05) is 18.7 Å². The van der Waals surface area contributed by atoms with Gasteiger partial charge < -0.3 is 15.5 Å². The molecule has 7 nitrogen and oxygen atoms in total. The molecule has 6 rings (SSSR count). The number of allylic oxidation sites excluding steroid dienone is 1. The lowest BCUT2D eigenvalue weighted by Gasteiger charge is -2.46. The second-order valence-corrected chi connectivity index (χ2v) is 9.41. The van der Waals surface area contributed by atoms with Crippen molar-refractivity contribution >= 4 is 38.9 Å². The third kappa shape index (κ3) is 5.62. The van der Waals surface area contributed by atoms with Crippen LogP contribution in [0.15, 0.2) is 65.3 Å². The molecule has 0 aliphatic carbocycles. The molecule has 2 atom stereocenters. The Balaban J connectivity index is 0.000000314. The first-order chi connectivity index (χ1) is 16.7. The lowest BCUT2D eigenvalue weighted by molar-refractivity contribution is -0.137. The molecule has 5 heterocycles. The maximum absolute atomic E-state index is 12.8. The van der Waals surface area contributed by atoms with Crippen molar-refractivity contribution in [2.45, 2.75) is 37.8 Å². The topological polar surface area (TPSA) is 70.9 Å². The van der Waals surface area contributed by atoms with Crippen molar-refractivity contribution in [2.75, 3.05) is 23.3 Å². The van der Waals surface area contributed by atoms with E-state index < -0.39 is 11.7 Å². The van der Waals surface area contributed by atoms with E-state index >= 15 is 0 Å². The number of alkyl halides is 2. The summed E-state index contributed by atoms with van der Waals surface area (Å²) < 4.78 is 36.7. The summed E-state index contributed by atoms with van der Waals surface area (Å²) >= 11 is 3.47. The fourth-order valence-corrected chi connectivity index (χ4v) is 4.49.